The Morgan fingerprint density at radius 3 is 2.25 bits per heavy atom. The third-order valence-electron chi connectivity index (χ3n) is 7.88. The summed E-state index contributed by atoms with van der Waals surface area (Å²) < 4.78 is 52.5. The Hall–Kier alpha value is -3.26. The summed E-state index contributed by atoms with van der Waals surface area (Å²) in [7, 11) is 1.48. The van der Waals surface area contributed by atoms with Crippen LogP contribution >= 0.6 is 0 Å². The minimum Gasteiger partial charge on any atom is -0.343 e. The van der Waals surface area contributed by atoms with Crippen molar-refractivity contribution in [2.45, 2.75) is 89.5 Å². The second-order valence-corrected chi connectivity index (χ2v) is 12.8. The highest BCUT2D eigenvalue weighted by molar-refractivity contribution is 7.83. The molecule has 1 aliphatic rings. The van der Waals surface area contributed by atoms with E-state index in [4.69, 9.17) is 0 Å². The van der Waals surface area contributed by atoms with Crippen LogP contribution in [0.2, 0.25) is 0 Å². The zero-order valence-electron chi connectivity index (χ0n) is 26.3. The molecule has 246 valence electrons. The second-order valence-electron chi connectivity index (χ2n) is 11.6. The van der Waals surface area contributed by atoms with Gasteiger partial charge in [0.05, 0.1) is 17.0 Å². The van der Waals surface area contributed by atoms with Gasteiger partial charge >= 0.3 is 12.1 Å². The van der Waals surface area contributed by atoms with Crippen LogP contribution in [-0.2, 0) is 30.2 Å². The van der Waals surface area contributed by atoms with E-state index in [0.717, 1.165) is 37.9 Å². The molecule has 10 nitrogen and oxygen atoms in total. The zero-order valence-corrected chi connectivity index (χ0v) is 27.1. The lowest BCUT2D eigenvalue weighted by Crippen LogP contribution is -2.57. The van der Waals surface area contributed by atoms with Crippen molar-refractivity contribution in [2.24, 2.45) is 11.8 Å². The third-order valence-corrected chi connectivity index (χ3v) is 8.95. The highest BCUT2D eigenvalue weighted by atomic mass is 32.2. The summed E-state index contributed by atoms with van der Waals surface area (Å²) in [6.07, 6.45) is -0.0865. The number of nitrogens with one attached hydrogen (secondary N) is 3. The lowest BCUT2D eigenvalue weighted by molar-refractivity contribution is -0.167. The predicted octanol–water partition coefficient (Wildman–Crippen LogP) is 3.77. The summed E-state index contributed by atoms with van der Waals surface area (Å²) in [5.74, 6) is -3.52. The molecule has 0 aromatic heterocycles. The topological polar surface area (TPSA) is 128 Å². The largest absolute Gasteiger partial charge is 0.471 e. The minimum absolute atomic E-state index is 0.0969. The van der Waals surface area contributed by atoms with E-state index in [-0.39, 0.29) is 45.8 Å². The molecule has 1 heterocycles. The highest BCUT2D eigenvalue weighted by Crippen LogP contribution is 2.21. The molecule has 1 aromatic carbocycles. The van der Waals surface area contributed by atoms with Crippen molar-refractivity contribution >= 4 is 40.3 Å². The first-order valence-corrected chi connectivity index (χ1v) is 15.8. The predicted molar refractivity (Wildman–Crippen MR) is 162 cm³/mol. The number of amides is 4. The number of hydrogen-bond acceptors (Lipinski definition) is 6. The van der Waals surface area contributed by atoms with E-state index in [1.807, 2.05) is 39.6 Å². The van der Waals surface area contributed by atoms with Gasteiger partial charge in [-0.15, -0.1) is 0 Å². The number of alkyl halides is 3. The number of carbonyl (C=O) groups excluding carboxylic acids is 4. The smallest absolute Gasteiger partial charge is 0.343 e. The van der Waals surface area contributed by atoms with Gasteiger partial charge in [-0.1, -0.05) is 46.6 Å². The fourth-order valence-corrected chi connectivity index (χ4v) is 5.71. The normalized spacial score (nSPS) is 19.0. The monoisotopic (exact) mass is 643 g/mol. The minimum atomic E-state index is -5.05. The first-order chi connectivity index (χ1) is 20.5. The molecular formula is C30H44F3N5O5S. The summed E-state index contributed by atoms with van der Waals surface area (Å²) in [5.41, 5.74) is 0.0410. The van der Waals surface area contributed by atoms with E-state index >= 15 is 0 Å². The van der Waals surface area contributed by atoms with Crippen molar-refractivity contribution in [1.29, 1.82) is 0 Å². The molecule has 5 atom stereocenters. The van der Waals surface area contributed by atoms with E-state index in [1.165, 1.54) is 24.0 Å². The molecule has 1 saturated heterocycles. The number of nitrogens with zero attached hydrogens (tertiary/aromatic N) is 2. The molecule has 1 unspecified atom stereocenters. The molecule has 0 aliphatic carbocycles. The molecule has 14 heteroatoms. The Balaban J connectivity index is 2.15. The average Bonchev–Trinajstić information content (AvgIpc) is 2.97. The van der Waals surface area contributed by atoms with Gasteiger partial charge in [0.25, 0.3) is 5.91 Å². The number of rotatable bonds is 12. The number of halogens is 3. The molecule has 0 saturated carbocycles. The van der Waals surface area contributed by atoms with Gasteiger partial charge in [-0.2, -0.15) is 13.2 Å². The van der Waals surface area contributed by atoms with Crippen LogP contribution < -0.4 is 15.4 Å². The van der Waals surface area contributed by atoms with Crippen molar-refractivity contribution in [2.75, 3.05) is 26.0 Å². The number of benzene rings is 1. The van der Waals surface area contributed by atoms with Gasteiger partial charge in [0.1, 0.15) is 6.04 Å². The quantitative estimate of drug-likeness (QED) is 0.298. The van der Waals surface area contributed by atoms with Gasteiger partial charge in [0.15, 0.2) is 11.0 Å². The maximum atomic E-state index is 13.8. The fraction of sp³-hybridized carbons (Fsp3) is 0.600. The van der Waals surface area contributed by atoms with E-state index in [9.17, 15) is 36.6 Å². The van der Waals surface area contributed by atoms with Gasteiger partial charge in [0.2, 0.25) is 11.8 Å². The summed E-state index contributed by atoms with van der Waals surface area (Å²) in [4.78, 5) is 54.6. The molecule has 2 rings (SSSR count). The van der Waals surface area contributed by atoms with Crippen molar-refractivity contribution in [3.05, 3.63) is 35.9 Å². The van der Waals surface area contributed by atoms with Gasteiger partial charge in [0, 0.05) is 18.3 Å². The molecule has 1 aliphatic heterocycles. The Morgan fingerprint density at radius 1 is 1.11 bits per heavy atom. The lowest BCUT2D eigenvalue weighted by atomic mass is 9.94. The number of anilines is 1. The fourth-order valence-electron chi connectivity index (χ4n) is 4.88. The van der Waals surface area contributed by atoms with Gasteiger partial charge in [-0.3, -0.25) is 28.8 Å². The van der Waals surface area contributed by atoms with Crippen LogP contribution in [0, 0.1) is 11.8 Å². The van der Waals surface area contributed by atoms with Crippen molar-refractivity contribution in [3.8, 4) is 0 Å². The van der Waals surface area contributed by atoms with Gasteiger partial charge < -0.3 is 15.5 Å². The van der Waals surface area contributed by atoms with E-state index in [2.05, 4.69) is 10.0 Å². The van der Waals surface area contributed by atoms with Crippen LogP contribution in [0.5, 0.6) is 0 Å². The summed E-state index contributed by atoms with van der Waals surface area (Å²) in [5, 5.41) is 4.68. The number of likely N-dealkylation sites (tertiary alicyclic amines) is 1. The molecule has 0 radical (unpaired) electrons. The Morgan fingerprint density at radius 2 is 1.73 bits per heavy atom. The molecule has 0 bridgehead atoms. The Labute approximate surface area is 259 Å². The van der Waals surface area contributed by atoms with Crippen LogP contribution in [0.25, 0.3) is 0 Å². The molecule has 0 spiro atoms. The number of hydrogen-bond donors (Lipinski definition) is 3. The van der Waals surface area contributed by atoms with Gasteiger partial charge in [-0.25, -0.2) is 4.21 Å². The maximum absolute atomic E-state index is 13.8. The number of piperidine rings is 1. The SMILES string of the molecule is CC[C@H](C)[C@H](NC(=O)[C@H]1CCCCN1C)C(=O)N(C)[C@H](/C=C(\C)C(=O)NS(=O)c1ccc(NC(=O)C(F)(F)F)cc1)C(C)C. The van der Waals surface area contributed by atoms with Crippen LogP contribution in [0.4, 0.5) is 18.9 Å². The molecular weight excluding hydrogens is 599 g/mol. The average molecular weight is 644 g/mol. The number of carbonyl (C=O) groups is 4. The first-order valence-electron chi connectivity index (χ1n) is 14.6. The van der Waals surface area contributed by atoms with Crippen LogP contribution in [-0.4, -0.2) is 82.6 Å². The van der Waals surface area contributed by atoms with E-state index in [1.54, 1.807) is 18.4 Å². The maximum Gasteiger partial charge on any atom is 0.471 e. The lowest BCUT2D eigenvalue weighted by Gasteiger charge is -2.36. The van der Waals surface area contributed by atoms with Crippen LogP contribution in [0.15, 0.2) is 40.8 Å². The number of likely N-dealkylation sites (N-methyl/N-ethyl adjacent to an activating group) is 2. The highest BCUT2D eigenvalue weighted by Gasteiger charge is 2.39. The standard InChI is InChI=1S/C30H44F3N5O5S/c1-8-19(4)25(35-27(40)23-11-9-10-16-37(23)6)28(41)38(7)24(18(2)3)17-20(5)26(39)36-44(43)22-14-12-21(13-15-22)34-29(42)30(31,32)33/h12-15,17-19,23-25H,8-11,16H2,1-7H3,(H,34,42)(H,35,40)(H,36,39)/b20-17+/t19-,23+,24+,25-,44?/m0/s1. The summed E-state index contributed by atoms with van der Waals surface area (Å²) in [6, 6.07) is 3.14. The van der Waals surface area contributed by atoms with Crippen molar-refractivity contribution < 1.29 is 36.6 Å². The second kappa shape index (κ2) is 16.2. The molecule has 1 aromatic rings. The van der Waals surface area contributed by atoms with Crippen molar-refractivity contribution in [3.63, 3.8) is 0 Å². The molecule has 44 heavy (non-hydrogen) atoms. The third kappa shape index (κ3) is 10.1. The van der Waals surface area contributed by atoms with Crippen molar-refractivity contribution in [1.82, 2.24) is 19.8 Å². The zero-order chi connectivity index (χ0) is 33.4. The molecule has 4 amide bonds. The molecule has 3 N–H and O–H groups in total. The van der Waals surface area contributed by atoms with E-state index in [0.29, 0.717) is 6.42 Å². The Bertz CT molecular complexity index is 1240. The summed E-state index contributed by atoms with van der Waals surface area (Å²) in [6.45, 7) is 9.97. The molecule has 1 fully saturated rings. The van der Waals surface area contributed by atoms with Gasteiger partial charge in [-0.05, 0) is 69.5 Å². The van der Waals surface area contributed by atoms with Crippen LogP contribution in [0.3, 0.4) is 0 Å². The summed E-state index contributed by atoms with van der Waals surface area (Å²) >= 11 is 0. The van der Waals surface area contributed by atoms with Crippen LogP contribution in [0.1, 0.15) is 60.3 Å². The first kappa shape index (κ1) is 36.9. The Kier molecular flexibility index (Phi) is 13.6. The van der Waals surface area contributed by atoms with E-state index < -0.39 is 41.1 Å².